The highest BCUT2D eigenvalue weighted by Gasteiger charge is 2.64. The van der Waals surface area contributed by atoms with E-state index >= 15 is 0 Å². The van der Waals surface area contributed by atoms with Crippen LogP contribution in [0.15, 0.2) is 59.0 Å². The highest BCUT2D eigenvalue weighted by atomic mass is 32.2. The summed E-state index contributed by atoms with van der Waals surface area (Å²) in [4.78, 5) is 27.9. The molecule has 0 radical (unpaired) electrons. The predicted molar refractivity (Wildman–Crippen MR) is 157 cm³/mol. The molecular formula is C34H40O6S. The summed E-state index contributed by atoms with van der Waals surface area (Å²) in [7, 11) is -2.21. The zero-order valence-electron chi connectivity index (χ0n) is 24.4. The van der Waals surface area contributed by atoms with Gasteiger partial charge in [0.2, 0.25) is 0 Å². The number of carbonyl (C=O) groups is 2. The quantitative estimate of drug-likeness (QED) is 0.296. The zero-order chi connectivity index (χ0) is 29.2. The van der Waals surface area contributed by atoms with Gasteiger partial charge in [0.25, 0.3) is 10.1 Å². The van der Waals surface area contributed by atoms with E-state index in [-0.39, 0.29) is 51.7 Å². The fourth-order valence-corrected chi connectivity index (χ4v) is 9.89. The van der Waals surface area contributed by atoms with Crippen molar-refractivity contribution in [2.75, 3.05) is 7.11 Å². The van der Waals surface area contributed by atoms with Crippen LogP contribution < -0.4 is 4.74 Å². The number of hydrogen-bond donors (Lipinski definition) is 0. The fraction of sp³-hybridized carbons (Fsp3) is 0.529. The molecular weight excluding hydrogens is 536 g/mol. The Labute approximate surface area is 243 Å². The number of ether oxygens (including phenoxy) is 1. The normalized spacial score (nSPS) is 36.0. The van der Waals surface area contributed by atoms with E-state index in [9.17, 15) is 18.0 Å². The molecule has 4 fully saturated rings. The predicted octanol–water partition coefficient (Wildman–Crippen LogP) is 6.56. The first-order valence-electron chi connectivity index (χ1n) is 14.9. The third-order valence-electron chi connectivity index (χ3n) is 11.0. The minimum absolute atomic E-state index is 0.0953. The molecule has 2 aromatic carbocycles. The Balaban J connectivity index is 1.21. The Morgan fingerprint density at radius 2 is 1.66 bits per heavy atom. The molecule has 4 aliphatic rings. The third kappa shape index (κ3) is 4.79. The second-order valence-corrected chi connectivity index (χ2v) is 14.9. The summed E-state index contributed by atoms with van der Waals surface area (Å²) in [6.45, 7) is 6.17. The van der Waals surface area contributed by atoms with E-state index in [0.29, 0.717) is 25.7 Å². The molecule has 0 amide bonds. The summed E-state index contributed by atoms with van der Waals surface area (Å²) in [6, 6.07) is 14.5. The number of Topliss-reactive ketones (excluding diaryl/α,β-unsaturated/α-hetero) is 2. The number of ketones is 2. The molecule has 2 aromatic rings. The van der Waals surface area contributed by atoms with Crippen LogP contribution in [-0.2, 0) is 23.9 Å². The molecule has 0 spiro atoms. The molecule has 41 heavy (non-hydrogen) atoms. The molecule has 218 valence electrons. The van der Waals surface area contributed by atoms with Crippen molar-refractivity contribution in [3.63, 3.8) is 0 Å². The third-order valence-corrected chi connectivity index (χ3v) is 12.4. The lowest BCUT2D eigenvalue weighted by Gasteiger charge is -2.59. The van der Waals surface area contributed by atoms with Crippen LogP contribution in [0, 0.1) is 41.4 Å². The Morgan fingerprint density at radius 1 is 0.951 bits per heavy atom. The van der Waals surface area contributed by atoms with Crippen molar-refractivity contribution in [3.05, 3.63) is 65.2 Å². The Morgan fingerprint density at radius 3 is 2.34 bits per heavy atom. The van der Waals surface area contributed by atoms with E-state index in [1.165, 1.54) is 0 Å². The van der Waals surface area contributed by atoms with Crippen molar-refractivity contribution < 1.29 is 26.9 Å². The summed E-state index contributed by atoms with van der Waals surface area (Å²) in [5.41, 5.74) is 1.92. The van der Waals surface area contributed by atoms with Crippen molar-refractivity contribution in [2.24, 2.45) is 34.5 Å². The van der Waals surface area contributed by atoms with E-state index in [4.69, 9.17) is 8.92 Å². The monoisotopic (exact) mass is 576 g/mol. The molecule has 0 N–H and O–H groups in total. The van der Waals surface area contributed by atoms with Crippen LogP contribution in [0.3, 0.4) is 0 Å². The van der Waals surface area contributed by atoms with Crippen molar-refractivity contribution in [1.29, 1.82) is 0 Å². The van der Waals surface area contributed by atoms with Crippen LogP contribution in [0.2, 0.25) is 0 Å². The average Bonchev–Trinajstić information content (AvgIpc) is 3.18. The number of hydrogen-bond acceptors (Lipinski definition) is 6. The van der Waals surface area contributed by atoms with Crippen molar-refractivity contribution in [2.45, 2.75) is 76.7 Å². The fourth-order valence-electron chi connectivity index (χ4n) is 8.78. The summed E-state index contributed by atoms with van der Waals surface area (Å²) < 4.78 is 37.0. The average molecular weight is 577 g/mol. The number of allylic oxidation sites excluding steroid dienone is 1. The lowest BCUT2D eigenvalue weighted by molar-refractivity contribution is -0.161. The van der Waals surface area contributed by atoms with Gasteiger partial charge in [-0.05, 0) is 110 Å². The van der Waals surface area contributed by atoms with E-state index in [1.54, 1.807) is 31.4 Å². The molecule has 0 heterocycles. The number of fused-ring (bicyclic) bond motifs is 5. The van der Waals surface area contributed by atoms with Gasteiger partial charge in [0.15, 0.2) is 5.78 Å². The molecule has 0 aliphatic heterocycles. The molecule has 6 rings (SSSR count). The van der Waals surface area contributed by atoms with E-state index < -0.39 is 15.5 Å². The number of rotatable bonds is 5. The molecule has 0 saturated heterocycles. The maximum Gasteiger partial charge on any atom is 0.297 e. The van der Waals surface area contributed by atoms with Gasteiger partial charge in [-0.1, -0.05) is 43.7 Å². The van der Waals surface area contributed by atoms with Gasteiger partial charge in [0, 0.05) is 17.8 Å². The second kappa shape index (κ2) is 10.2. The van der Waals surface area contributed by atoms with E-state index in [2.05, 4.69) is 6.92 Å². The first-order chi connectivity index (χ1) is 19.4. The smallest absolute Gasteiger partial charge is 0.297 e. The van der Waals surface area contributed by atoms with Crippen molar-refractivity contribution >= 4 is 27.8 Å². The van der Waals surface area contributed by atoms with Crippen molar-refractivity contribution in [1.82, 2.24) is 0 Å². The van der Waals surface area contributed by atoms with Crippen LogP contribution in [-0.4, -0.2) is 33.2 Å². The van der Waals surface area contributed by atoms with Gasteiger partial charge in [-0.15, -0.1) is 0 Å². The lowest BCUT2D eigenvalue weighted by Crippen LogP contribution is -2.57. The Bertz CT molecular complexity index is 1490. The summed E-state index contributed by atoms with van der Waals surface area (Å²) in [5, 5.41) is 0. The van der Waals surface area contributed by atoms with Crippen LogP contribution in [0.5, 0.6) is 5.75 Å². The molecule has 0 aromatic heterocycles. The Hall–Kier alpha value is -2.77. The molecule has 7 unspecified atom stereocenters. The molecule has 6 nitrogen and oxygen atoms in total. The first kappa shape index (κ1) is 28.4. The van der Waals surface area contributed by atoms with Gasteiger partial charge in [-0.25, -0.2) is 0 Å². The first-order valence-corrected chi connectivity index (χ1v) is 16.3. The van der Waals surface area contributed by atoms with Crippen molar-refractivity contribution in [3.8, 4) is 5.75 Å². The summed E-state index contributed by atoms with van der Waals surface area (Å²) in [6.07, 6.45) is 6.43. The topological polar surface area (TPSA) is 86.7 Å². The van der Waals surface area contributed by atoms with Gasteiger partial charge in [0.05, 0.1) is 18.1 Å². The van der Waals surface area contributed by atoms with E-state index in [1.807, 2.05) is 44.2 Å². The number of aryl methyl sites for hydroxylation is 1. The van der Waals surface area contributed by atoms with Crippen LogP contribution in [0.4, 0.5) is 0 Å². The van der Waals surface area contributed by atoms with Gasteiger partial charge < -0.3 is 4.74 Å². The molecule has 7 heteroatoms. The standard InChI is InChI=1S/C34H40O6S/c1-21-5-12-27(13-6-21)41(37,38)40-26-15-16-33(2)24(19-26)9-14-28-29-18-23(17-22-7-10-25(39-4)11-8-22)32(36)34(29,3)20-30(35)31(28)33/h5-8,10-13,17,24,26,28-29,31H,9,14-16,18-20H2,1-4H3. The van der Waals surface area contributed by atoms with Crippen LogP contribution in [0.1, 0.15) is 69.9 Å². The maximum absolute atomic E-state index is 13.9. The molecule has 0 bridgehead atoms. The maximum atomic E-state index is 13.9. The minimum atomic E-state index is -3.85. The minimum Gasteiger partial charge on any atom is -0.497 e. The SMILES string of the molecule is COc1ccc(C=C2CC3C4CCC5CC(OS(=O)(=O)c6ccc(C)cc6)CCC5(C)C4C(=O)CC3(C)C2=O)cc1. The number of carbonyl (C=O) groups excluding carboxylic acids is 2. The highest BCUT2D eigenvalue weighted by molar-refractivity contribution is 7.86. The van der Waals surface area contributed by atoms with Gasteiger partial charge in [-0.2, -0.15) is 8.42 Å². The number of benzene rings is 2. The van der Waals surface area contributed by atoms with Crippen LogP contribution >= 0.6 is 0 Å². The lowest BCUT2D eigenvalue weighted by atomic mass is 9.45. The number of methoxy groups -OCH3 is 1. The zero-order valence-corrected chi connectivity index (χ0v) is 25.2. The van der Waals surface area contributed by atoms with Gasteiger partial charge >= 0.3 is 0 Å². The van der Waals surface area contributed by atoms with Gasteiger partial charge in [-0.3, -0.25) is 13.8 Å². The molecule has 7 atom stereocenters. The van der Waals surface area contributed by atoms with Gasteiger partial charge in [0.1, 0.15) is 11.5 Å². The largest absolute Gasteiger partial charge is 0.497 e. The Kier molecular flexibility index (Phi) is 7.05. The van der Waals surface area contributed by atoms with Crippen LogP contribution in [0.25, 0.3) is 6.08 Å². The second-order valence-electron chi connectivity index (χ2n) is 13.3. The highest BCUT2D eigenvalue weighted by Crippen LogP contribution is 2.65. The molecule has 4 saturated carbocycles. The summed E-state index contributed by atoms with van der Waals surface area (Å²) >= 11 is 0. The summed E-state index contributed by atoms with van der Waals surface area (Å²) in [5.74, 6) is 1.55. The molecule has 4 aliphatic carbocycles. The van der Waals surface area contributed by atoms with E-state index in [0.717, 1.165) is 41.7 Å².